The van der Waals surface area contributed by atoms with Gasteiger partial charge in [-0.2, -0.15) is 0 Å². The molecule has 2 rings (SSSR count). The molecule has 1 unspecified atom stereocenters. The zero-order chi connectivity index (χ0) is 12.4. The summed E-state index contributed by atoms with van der Waals surface area (Å²) in [5.74, 6) is 0. The van der Waals surface area contributed by atoms with Crippen molar-refractivity contribution in [1.29, 1.82) is 0 Å². The molecule has 0 aliphatic carbocycles. The summed E-state index contributed by atoms with van der Waals surface area (Å²) in [6.07, 6.45) is -0.266. The average molecular weight is 308 g/mol. The van der Waals surface area contributed by atoms with Gasteiger partial charge in [0.05, 0.1) is 10.4 Å². The van der Waals surface area contributed by atoms with Crippen molar-refractivity contribution in [3.05, 3.63) is 55.2 Å². The van der Waals surface area contributed by atoms with E-state index in [1.165, 1.54) is 11.3 Å². The summed E-state index contributed by atoms with van der Waals surface area (Å²) in [5.41, 5.74) is 1.54. The summed E-state index contributed by atoms with van der Waals surface area (Å²) in [5, 5.41) is 10.7. The van der Waals surface area contributed by atoms with E-state index in [4.69, 9.17) is 34.8 Å². The van der Waals surface area contributed by atoms with Gasteiger partial charge in [0.25, 0.3) is 0 Å². The van der Waals surface area contributed by atoms with E-state index in [-0.39, 0.29) is 0 Å². The lowest BCUT2D eigenvalue weighted by atomic mass is 10.0. The van der Waals surface area contributed by atoms with Crippen LogP contribution in [-0.2, 0) is 6.42 Å². The molecular weight excluding hydrogens is 299 g/mol. The molecule has 1 N–H and O–H groups in total. The minimum Gasteiger partial charge on any atom is -0.388 e. The van der Waals surface area contributed by atoms with E-state index in [1.807, 2.05) is 18.2 Å². The second-order valence-electron chi connectivity index (χ2n) is 3.59. The molecule has 0 bridgehead atoms. The number of halogens is 3. The van der Waals surface area contributed by atoms with Crippen LogP contribution in [0.1, 0.15) is 17.2 Å². The first-order chi connectivity index (χ1) is 8.08. The zero-order valence-corrected chi connectivity index (χ0v) is 11.7. The lowest BCUT2D eigenvalue weighted by Crippen LogP contribution is -2.01. The van der Waals surface area contributed by atoms with E-state index in [1.54, 1.807) is 12.1 Å². The Morgan fingerprint density at radius 1 is 1.18 bits per heavy atom. The van der Waals surface area contributed by atoms with Crippen molar-refractivity contribution in [2.75, 3.05) is 0 Å². The van der Waals surface area contributed by atoms with Gasteiger partial charge in [0.2, 0.25) is 0 Å². The Kier molecular flexibility index (Phi) is 4.34. The summed E-state index contributed by atoms with van der Waals surface area (Å²) < 4.78 is 1.10. The highest BCUT2D eigenvalue weighted by Crippen LogP contribution is 2.36. The number of benzene rings is 1. The van der Waals surface area contributed by atoms with Crippen LogP contribution in [0.2, 0.25) is 13.7 Å². The molecule has 0 aliphatic heterocycles. The number of rotatable bonds is 3. The maximum atomic E-state index is 10.1. The van der Waals surface area contributed by atoms with Gasteiger partial charge < -0.3 is 5.11 Å². The van der Waals surface area contributed by atoms with Crippen LogP contribution in [0, 0.1) is 0 Å². The molecule has 2 aromatic rings. The van der Waals surface area contributed by atoms with Gasteiger partial charge in [-0.3, -0.25) is 0 Å². The molecule has 90 valence electrons. The molecule has 1 aromatic heterocycles. The predicted molar refractivity (Wildman–Crippen MR) is 74.5 cm³/mol. The first kappa shape index (κ1) is 13.2. The zero-order valence-electron chi connectivity index (χ0n) is 8.66. The normalized spacial score (nSPS) is 12.7. The second kappa shape index (κ2) is 5.59. The minimum atomic E-state index is -0.689. The first-order valence-corrected chi connectivity index (χ1v) is 6.89. The standard InChI is InChI=1S/C12H9Cl3OS/c13-9-4-2-1-3-7(9)5-10(16)8-6-11(14)17-12(8)15/h1-4,6,10,16H,5H2. The first-order valence-electron chi connectivity index (χ1n) is 4.94. The summed E-state index contributed by atoms with van der Waals surface area (Å²) in [7, 11) is 0. The van der Waals surface area contributed by atoms with Crippen LogP contribution in [0.3, 0.4) is 0 Å². The SMILES string of the molecule is OC(Cc1ccccc1Cl)c1cc(Cl)sc1Cl. The van der Waals surface area contributed by atoms with Gasteiger partial charge in [0.15, 0.2) is 0 Å². The van der Waals surface area contributed by atoms with Crippen LogP contribution in [-0.4, -0.2) is 5.11 Å². The number of thiophene rings is 1. The largest absolute Gasteiger partial charge is 0.388 e. The number of aliphatic hydroxyl groups is 1. The van der Waals surface area contributed by atoms with Gasteiger partial charge >= 0.3 is 0 Å². The van der Waals surface area contributed by atoms with Crippen molar-refractivity contribution in [1.82, 2.24) is 0 Å². The molecule has 1 heterocycles. The number of hydrogen-bond acceptors (Lipinski definition) is 2. The third-order valence-electron chi connectivity index (χ3n) is 2.41. The van der Waals surface area contributed by atoms with Gasteiger partial charge in [-0.1, -0.05) is 53.0 Å². The topological polar surface area (TPSA) is 20.2 Å². The fourth-order valence-electron chi connectivity index (χ4n) is 1.56. The van der Waals surface area contributed by atoms with Crippen molar-refractivity contribution in [3.63, 3.8) is 0 Å². The van der Waals surface area contributed by atoms with Crippen LogP contribution < -0.4 is 0 Å². The van der Waals surface area contributed by atoms with Crippen LogP contribution in [0.25, 0.3) is 0 Å². The van der Waals surface area contributed by atoms with Gasteiger partial charge in [-0.25, -0.2) is 0 Å². The Morgan fingerprint density at radius 2 is 1.88 bits per heavy atom. The maximum absolute atomic E-state index is 10.1. The molecule has 1 nitrogen and oxygen atoms in total. The van der Waals surface area contributed by atoms with E-state index in [9.17, 15) is 5.11 Å². The molecule has 5 heteroatoms. The summed E-state index contributed by atoms with van der Waals surface area (Å²) in [4.78, 5) is 0. The van der Waals surface area contributed by atoms with E-state index in [2.05, 4.69) is 0 Å². The fraction of sp³-hybridized carbons (Fsp3) is 0.167. The second-order valence-corrected chi connectivity index (χ2v) is 6.28. The molecule has 1 aromatic carbocycles. The molecule has 17 heavy (non-hydrogen) atoms. The summed E-state index contributed by atoms with van der Waals surface area (Å²) in [6, 6.07) is 9.11. The maximum Gasteiger partial charge on any atom is 0.100 e. The Labute approximate surface area is 119 Å². The van der Waals surface area contributed by atoms with Gasteiger partial charge in [-0.05, 0) is 17.7 Å². The molecule has 0 saturated heterocycles. The lowest BCUT2D eigenvalue weighted by molar-refractivity contribution is 0.179. The minimum absolute atomic E-state index is 0.423. The molecule has 1 atom stereocenters. The van der Waals surface area contributed by atoms with Crippen molar-refractivity contribution in [3.8, 4) is 0 Å². The Balaban J connectivity index is 2.20. The average Bonchev–Trinajstić information content (AvgIpc) is 2.61. The fourth-order valence-corrected chi connectivity index (χ4v) is 3.34. The molecular formula is C12H9Cl3OS. The summed E-state index contributed by atoms with van der Waals surface area (Å²) >= 11 is 19.1. The van der Waals surface area contributed by atoms with Crippen molar-refractivity contribution < 1.29 is 5.11 Å². The van der Waals surface area contributed by atoms with Crippen LogP contribution in [0.4, 0.5) is 0 Å². The Morgan fingerprint density at radius 3 is 2.47 bits per heavy atom. The molecule has 0 amide bonds. The lowest BCUT2D eigenvalue weighted by Gasteiger charge is -2.10. The molecule has 0 spiro atoms. The predicted octanol–water partition coefficient (Wildman–Crippen LogP) is 4.98. The van der Waals surface area contributed by atoms with E-state index >= 15 is 0 Å². The highest BCUT2D eigenvalue weighted by atomic mass is 35.5. The van der Waals surface area contributed by atoms with Crippen molar-refractivity contribution in [2.24, 2.45) is 0 Å². The highest BCUT2D eigenvalue weighted by Gasteiger charge is 2.16. The van der Waals surface area contributed by atoms with Crippen molar-refractivity contribution >= 4 is 46.1 Å². The number of aliphatic hydroxyl groups excluding tert-OH is 1. The Bertz CT molecular complexity index is 524. The number of hydrogen-bond donors (Lipinski definition) is 1. The van der Waals surface area contributed by atoms with Crippen LogP contribution >= 0.6 is 46.1 Å². The van der Waals surface area contributed by atoms with E-state index in [0.717, 1.165) is 5.56 Å². The van der Waals surface area contributed by atoms with Gasteiger partial charge in [0, 0.05) is 17.0 Å². The van der Waals surface area contributed by atoms with Crippen molar-refractivity contribution in [2.45, 2.75) is 12.5 Å². The highest BCUT2D eigenvalue weighted by molar-refractivity contribution is 7.20. The smallest absolute Gasteiger partial charge is 0.100 e. The molecule has 0 aliphatic rings. The third kappa shape index (κ3) is 3.15. The van der Waals surface area contributed by atoms with E-state index in [0.29, 0.717) is 25.7 Å². The third-order valence-corrected chi connectivity index (χ3v) is 4.30. The molecule has 0 radical (unpaired) electrons. The van der Waals surface area contributed by atoms with Gasteiger partial charge in [-0.15, -0.1) is 11.3 Å². The van der Waals surface area contributed by atoms with Gasteiger partial charge in [0.1, 0.15) is 4.34 Å². The summed E-state index contributed by atoms with van der Waals surface area (Å²) in [6.45, 7) is 0. The molecule has 0 fully saturated rings. The van der Waals surface area contributed by atoms with Crippen LogP contribution in [0.5, 0.6) is 0 Å². The van der Waals surface area contributed by atoms with Crippen LogP contribution in [0.15, 0.2) is 30.3 Å². The molecule has 0 saturated carbocycles. The monoisotopic (exact) mass is 306 g/mol. The van der Waals surface area contributed by atoms with E-state index < -0.39 is 6.10 Å². The Hall–Kier alpha value is -0.250. The quantitative estimate of drug-likeness (QED) is 0.847.